The van der Waals surface area contributed by atoms with E-state index in [1.54, 1.807) is 42.5 Å². The highest BCUT2D eigenvalue weighted by Gasteiger charge is 2.46. The summed E-state index contributed by atoms with van der Waals surface area (Å²) in [6.45, 7) is 10.5. The van der Waals surface area contributed by atoms with Crippen LogP contribution in [0.15, 0.2) is 54.6 Å². The third-order valence-electron chi connectivity index (χ3n) is 6.59. The summed E-state index contributed by atoms with van der Waals surface area (Å²) in [7, 11) is 4.49. The van der Waals surface area contributed by atoms with Crippen LogP contribution in [-0.4, -0.2) is 80.7 Å². The van der Waals surface area contributed by atoms with E-state index in [4.69, 9.17) is 18.9 Å². The van der Waals surface area contributed by atoms with E-state index in [0.717, 1.165) is 13.1 Å². The zero-order valence-corrected chi connectivity index (χ0v) is 22.7. The van der Waals surface area contributed by atoms with Crippen molar-refractivity contribution in [3.63, 3.8) is 0 Å². The number of Topliss-reactive ketones (excluding diaryl/α,β-unsaturated/α-hetero) is 1. The molecular formula is C29H36N2O7. The Bertz CT molecular complexity index is 1160. The third kappa shape index (κ3) is 5.78. The Kier molecular flexibility index (Phi) is 9.78. The summed E-state index contributed by atoms with van der Waals surface area (Å²) in [4.78, 5) is 30.4. The Morgan fingerprint density at radius 1 is 1.03 bits per heavy atom. The number of likely N-dealkylation sites (tertiary alicyclic amines) is 1. The highest BCUT2D eigenvalue weighted by Crippen LogP contribution is 2.45. The molecule has 1 amide bonds. The molecule has 1 atom stereocenters. The van der Waals surface area contributed by atoms with Crippen LogP contribution >= 0.6 is 0 Å². The molecule has 0 radical (unpaired) electrons. The molecule has 0 aliphatic carbocycles. The molecule has 0 unspecified atom stereocenters. The van der Waals surface area contributed by atoms with E-state index in [9.17, 15) is 14.7 Å². The van der Waals surface area contributed by atoms with E-state index >= 15 is 0 Å². The zero-order chi connectivity index (χ0) is 27.8. The van der Waals surface area contributed by atoms with Gasteiger partial charge in [0.25, 0.3) is 11.7 Å². The van der Waals surface area contributed by atoms with Gasteiger partial charge in [0.05, 0.1) is 32.9 Å². The molecule has 0 saturated carbocycles. The van der Waals surface area contributed by atoms with E-state index in [2.05, 4.69) is 11.5 Å². The number of aliphatic hydroxyl groups excluding tert-OH is 1. The minimum atomic E-state index is -0.865. The number of hydrogen-bond acceptors (Lipinski definition) is 8. The monoisotopic (exact) mass is 524 g/mol. The second kappa shape index (κ2) is 13.0. The van der Waals surface area contributed by atoms with Gasteiger partial charge in [0.1, 0.15) is 18.1 Å². The molecular weight excluding hydrogens is 488 g/mol. The minimum absolute atomic E-state index is 0.0106. The molecule has 1 N–H and O–H groups in total. The van der Waals surface area contributed by atoms with Crippen LogP contribution in [0.1, 0.15) is 31.0 Å². The molecule has 2 aromatic carbocycles. The maximum atomic E-state index is 13.4. The maximum absolute atomic E-state index is 13.4. The highest BCUT2D eigenvalue weighted by molar-refractivity contribution is 6.46. The molecule has 0 spiro atoms. The quantitative estimate of drug-likeness (QED) is 0.182. The largest absolute Gasteiger partial charge is 0.507 e. The Morgan fingerprint density at radius 3 is 2.13 bits per heavy atom. The van der Waals surface area contributed by atoms with Crippen LogP contribution in [0.25, 0.3) is 5.76 Å². The van der Waals surface area contributed by atoms with Gasteiger partial charge in [-0.15, -0.1) is 0 Å². The van der Waals surface area contributed by atoms with Crippen molar-refractivity contribution in [2.75, 3.05) is 54.1 Å². The molecule has 9 heteroatoms. The van der Waals surface area contributed by atoms with Crippen LogP contribution in [0.5, 0.6) is 23.0 Å². The van der Waals surface area contributed by atoms with Crippen molar-refractivity contribution in [1.82, 2.24) is 9.80 Å². The van der Waals surface area contributed by atoms with Crippen LogP contribution in [-0.2, 0) is 9.59 Å². The number of hydrogen-bond donors (Lipinski definition) is 1. The predicted molar refractivity (Wildman–Crippen MR) is 145 cm³/mol. The Balaban J connectivity index is 2.17. The van der Waals surface area contributed by atoms with Crippen molar-refractivity contribution in [1.29, 1.82) is 0 Å². The van der Waals surface area contributed by atoms with Gasteiger partial charge in [-0.1, -0.05) is 26.5 Å². The summed E-state index contributed by atoms with van der Waals surface area (Å²) in [5.41, 5.74) is 0.921. The van der Waals surface area contributed by atoms with Gasteiger partial charge in [0.2, 0.25) is 5.75 Å². The summed E-state index contributed by atoms with van der Waals surface area (Å²) in [6, 6.07) is 9.18. The summed E-state index contributed by atoms with van der Waals surface area (Å²) in [6.07, 6.45) is 1.63. The third-order valence-corrected chi connectivity index (χ3v) is 6.59. The lowest BCUT2D eigenvalue weighted by Gasteiger charge is -2.29. The smallest absolute Gasteiger partial charge is 0.295 e. The average molecular weight is 525 g/mol. The molecule has 0 bridgehead atoms. The van der Waals surface area contributed by atoms with Crippen LogP contribution in [0.4, 0.5) is 0 Å². The fourth-order valence-corrected chi connectivity index (χ4v) is 4.53. The van der Waals surface area contributed by atoms with Gasteiger partial charge < -0.3 is 33.9 Å². The Hall–Kier alpha value is -3.98. The van der Waals surface area contributed by atoms with E-state index in [1.165, 1.54) is 26.2 Å². The second-order valence-electron chi connectivity index (χ2n) is 8.60. The maximum Gasteiger partial charge on any atom is 0.295 e. The number of amides is 1. The number of ketones is 1. The standard InChI is InChI=1S/C29H36N2O7/c1-7-16-38-21-12-10-19(11-13-21)26(32)24-25(20-17-22(35-4)28(37-6)23(18-20)36-5)31(29(34)27(24)33)15-14-30(8-2)9-3/h7,10-13,17-18,25,32H,1,8-9,14-16H2,2-6H3/t25-/m0/s1. The van der Waals surface area contributed by atoms with Crippen molar-refractivity contribution < 1.29 is 33.6 Å². The molecule has 1 heterocycles. The predicted octanol–water partition coefficient (Wildman–Crippen LogP) is 4.04. The Morgan fingerprint density at radius 2 is 1.63 bits per heavy atom. The minimum Gasteiger partial charge on any atom is -0.507 e. The van der Waals surface area contributed by atoms with Gasteiger partial charge in [-0.2, -0.15) is 0 Å². The fourth-order valence-electron chi connectivity index (χ4n) is 4.53. The van der Waals surface area contributed by atoms with Crippen molar-refractivity contribution in [2.24, 2.45) is 0 Å². The number of carbonyl (C=O) groups excluding carboxylic acids is 2. The number of aliphatic hydroxyl groups is 1. The van der Waals surface area contributed by atoms with E-state index < -0.39 is 17.7 Å². The van der Waals surface area contributed by atoms with Gasteiger partial charge in [-0.05, 0) is 55.1 Å². The highest BCUT2D eigenvalue weighted by atomic mass is 16.5. The normalized spacial score (nSPS) is 16.6. The first-order valence-corrected chi connectivity index (χ1v) is 12.5. The van der Waals surface area contributed by atoms with Crippen molar-refractivity contribution in [2.45, 2.75) is 19.9 Å². The first kappa shape index (κ1) is 28.6. The SMILES string of the molecule is C=CCOc1ccc(C(O)=C2C(=O)C(=O)N(CCN(CC)CC)[C@H]2c2cc(OC)c(OC)c(OC)c2)cc1. The van der Waals surface area contributed by atoms with Gasteiger partial charge in [-0.25, -0.2) is 0 Å². The molecule has 1 saturated heterocycles. The van der Waals surface area contributed by atoms with E-state index in [-0.39, 0.29) is 11.3 Å². The first-order chi connectivity index (χ1) is 18.3. The van der Waals surface area contributed by atoms with E-state index in [1.807, 2.05) is 13.8 Å². The van der Waals surface area contributed by atoms with Gasteiger partial charge in [0, 0.05) is 18.7 Å². The van der Waals surface area contributed by atoms with Crippen LogP contribution in [0, 0.1) is 0 Å². The number of likely N-dealkylation sites (N-methyl/N-ethyl adjacent to an activating group) is 1. The lowest BCUT2D eigenvalue weighted by atomic mass is 9.94. The molecule has 3 rings (SSSR count). The zero-order valence-electron chi connectivity index (χ0n) is 22.7. The topological polar surface area (TPSA) is 97.8 Å². The van der Waals surface area contributed by atoms with Gasteiger partial charge in [-0.3, -0.25) is 9.59 Å². The van der Waals surface area contributed by atoms with Crippen LogP contribution in [0.3, 0.4) is 0 Å². The number of benzene rings is 2. The second-order valence-corrected chi connectivity index (χ2v) is 8.60. The number of nitrogens with zero attached hydrogens (tertiary/aromatic N) is 2. The van der Waals surface area contributed by atoms with Crippen molar-refractivity contribution >= 4 is 17.4 Å². The fraction of sp³-hybridized carbons (Fsp3) is 0.379. The molecule has 9 nitrogen and oxygen atoms in total. The summed E-state index contributed by atoms with van der Waals surface area (Å²) >= 11 is 0. The van der Waals surface area contributed by atoms with Gasteiger partial charge >= 0.3 is 0 Å². The van der Waals surface area contributed by atoms with Crippen LogP contribution < -0.4 is 18.9 Å². The first-order valence-electron chi connectivity index (χ1n) is 12.5. The molecule has 38 heavy (non-hydrogen) atoms. The number of ether oxygens (including phenoxy) is 4. The molecule has 204 valence electrons. The van der Waals surface area contributed by atoms with E-state index in [0.29, 0.717) is 53.8 Å². The lowest BCUT2D eigenvalue weighted by molar-refractivity contribution is -0.140. The van der Waals surface area contributed by atoms with Crippen molar-refractivity contribution in [3.05, 3.63) is 65.8 Å². The van der Waals surface area contributed by atoms with Crippen molar-refractivity contribution in [3.8, 4) is 23.0 Å². The van der Waals surface area contributed by atoms with Gasteiger partial charge in [0.15, 0.2) is 11.5 Å². The molecule has 0 aromatic heterocycles. The number of rotatable bonds is 13. The summed E-state index contributed by atoms with van der Waals surface area (Å²) in [5.74, 6) is 0.00921. The average Bonchev–Trinajstić information content (AvgIpc) is 3.20. The van der Waals surface area contributed by atoms with Crippen LogP contribution in [0.2, 0.25) is 0 Å². The number of methoxy groups -OCH3 is 3. The molecule has 1 fully saturated rings. The Labute approximate surface area is 223 Å². The summed E-state index contributed by atoms with van der Waals surface area (Å²) < 4.78 is 22.0. The molecule has 2 aromatic rings. The summed E-state index contributed by atoms with van der Waals surface area (Å²) in [5, 5.41) is 11.4. The molecule has 1 aliphatic heterocycles. The number of carbonyl (C=O) groups is 2. The molecule has 1 aliphatic rings. The lowest BCUT2D eigenvalue weighted by Crippen LogP contribution is -2.38.